The molecule has 0 amide bonds. The standard InChI is InChI=1S/C21H41NO/c1-3-5-7-9-11-15-22(16-12-10-8-6-4-2)18-19-13-14-20-21(17-19)23-20/h19-21H,3-18H2,1-2H3/t19?,20-,21?/m0/s1. The first-order valence-electron chi connectivity index (χ1n) is 10.7. The van der Waals surface area contributed by atoms with Crippen LogP contribution in [0, 0.1) is 5.92 Å². The molecule has 0 N–H and O–H groups in total. The summed E-state index contributed by atoms with van der Waals surface area (Å²) in [6.07, 6.45) is 19.5. The molecule has 2 nitrogen and oxygen atoms in total. The number of hydrogen-bond acceptors (Lipinski definition) is 2. The zero-order valence-corrected chi connectivity index (χ0v) is 15.9. The first kappa shape index (κ1) is 19.2. The molecule has 23 heavy (non-hydrogen) atoms. The van der Waals surface area contributed by atoms with Crippen LogP contribution in [0.1, 0.15) is 97.3 Å². The number of nitrogens with zero attached hydrogens (tertiary/aromatic N) is 1. The quantitative estimate of drug-likeness (QED) is 0.297. The van der Waals surface area contributed by atoms with Gasteiger partial charge in [-0.05, 0) is 51.1 Å². The van der Waals surface area contributed by atoms with Gasteiger partial charge >= 0.3 is 0 Å². The Balaban J connectivity index is 1.62. The molecule has 1 aliphatic heterocycles. The maximum atomic E-state index is 5.72. The number of epoxide rings is 1. The second kappa shape index (κ2) is 11.5. The molecule has 0 radical (unpaired) electrons. The van der Waals surface area contributed by atoms with Crippen molar-refractivity contribution >= 4 is 0 Å². The average molecular weight is 324 g/mol. The van der Waals surface area contributed by atoms with Crippen molar-refractivity contribution < 1.29 is 4.74 Å². The maximum Gasteiger partial charge on any atom is 0.0845 e. The van der Waals surface area contributed by atoms with E-state index in [0.717, 1.165) is 5.92 Å². The van der Waals surface area contributed by atoms with Gasteiger partial charge in [0.25, 0.3) is 0 Å². The minimum Gasteiger partial charge on any atom is -0.370 e. The summed E-state index contributed by atoms with van der Waals surface area (Å²) in [6.45, 7) is 8.62. The van der Waals surface area contributed by atoms with Crippen LogP contribution in [0.2, 0.25) is 0 Å². The summed E-state index contributed by atoms with van der Waals surface area (Å²) in [6, 6.07) is 0. The second-order valence-electron chi connectivity index (χ2n) is 8.02. The third-order valence-corrected chi connectivity index (χ3v) is 5.78. The first-order valence-corrected chi connectivity index (χ1v) is 10.7. The number of fused-ring (bicyclic) bond motifs is 1. The fourth-order valence-electron chi connectivity index (χ4n) is 4.19. The largest absolute Gasteiger partial charge is 0.370 e. The van der Waals surface area contributed by atoms with E-state index in [1.807, 2.05) is 0 Å². The molecule has 0 bridgehead atoms. The third kappa shape index (κ3) is 8.03. The van der Waals surface area contributed by atoms with E-state index in [4.69, 9.17) is 4.74 Å². The average Bonchev–Trinajstić information content (AvgIpc) is 3.32. The highest BCUT2D eigenvalue weighted by molar-refractivity contribution is 4.92. The van der Waals surface area contributed by atoms with E-state index in [9.17, 15) is 0 Å². The van der Waals surface area contributed by atoms with Crippen molar-refractivity contribution in [2.75, 3.05) is 19.6 Å². The smallest absolute Gasteiger partial charge is 0.0845 e. The van der Waals surface area contributed by atoms with Crippen molar-refractivity contribution in [1.29, 1.82) is 0 Å². The van der Waals surface area contributed by atoms with Crippen LogP contribution in [-0.2, 0) is 4.74 Å². The van der Waals surface area contributed by atoms with Crippen LogP contribution in [0.4, 0.5) is 0 Å². The van der Waals surface area contributed by atoms with Gasteiger partial charge in [-0.1, -0.05) is 65.2 Å². The maximum absolute atomic E-state index is 5.72. The van der Waals surface area contributed by atoms with Crippen molar-refractivity contribution in [1.82, 2.24) is 4.90 Å². The molecule has 0 aromatic rings. The lowest BCUT2D eigenvalue weighted by molar-refractivity contribution is 0.199. The number of ether oxygens (including phenoxy) is 1. The molecule has 2 aliphatic rings. The van der Waals surface area contributed by atoms with Gasteiger partial charge in [-0.25, -0.2) is 0 Å². The number of rotatable bonds is 14. The Hall–Kier alpha value is -0.0800. The fraction of sp³-hybridized carbons (Fsp3) is 1.00. The molecule has 0 spiro atoms. The fourth-order valence-corrected chi connectivity index (χ4v) is 4.19. The second-order valence-corrected chi connectivity index (χ2v) is 8.02. The lowest BCUT2D eigenvalue weighted by atomic mass is 9.89. The van der Waals surface area contributed by atoms with Gasteiger partial charge in [-0.15, -0.1) is 0 Å². The predicted octanol–water partition coefficient (Wildman–Crippen LogP) is 5.80. The molecule has 2 rings (SSSR count). The van der Waals surface area contributed by atoms with Crippen molar-refractivity contribution in [3.8, 4) is 0 Å². The summed E-state index contributed by atoms with van der Waals surface area (Å²) in [5.41, 5.74) is 0. The van der Waals surface area contributed by atoms with Gasteiger partial charge in [0.15, 0.2) is 0 Å². The zero-order chi connectivity index (χ0) is 16.3. The lowest BCUT2D eigenvalue weighted by Gasteiger charge is -2.28. The van der Waals surface area contributed by atoms with Gasteiger partial charge in [0, 0.05) is 6.54 Å². The molecule has 2 heteroatoms. The lowest BCUT2D eigenvalue weighted by Crippen LogP contribution is -2.33. The van der Waals surface area contributed by atoms with E-state index in [2.05, 4.69) is 18.7 Å². The van der Waals surface area contributed by atoms with Crippen molar-refractivity contribution in [3.63, 3.8) is 0 Å². The number of unbranched alkanes of at least 4 members (excludes halogenated alkanes) is 8. The van der Waals surface area contributed by atoms with Crippen LogP contribution in [0.25, 0.3) is 0 Å². The van der Waals surface area contributed by atoms with E-state index in [1.54, 1.807) is 0 Å². The molecule has 1 heterocycles. The van der Waals surface area contributed by atoms with Gasteiger partial charge in [-0.3, -0.25) is 0 Å². The van der Waals surface area contributed by atoms with E-state index in [-0.39, 0.29) is 0 Å². The molecule has 1 saturated carbocycles. The van der Waals surface area contributed by atoms with Gasteiger partial charge in [0.1, 0.15) is 0 Å². The van der Waals surface area contributed by atoms with Crippen molar-refractivity contribution in [3.05, 3.63) is 0 Å². The number of hydrogen-bond donors (Lipinski definition) is 0. The Kier molecular flexibility index (Phi) is 9.60. The molecule has 2 fully saturated rings. The summed E-state index contributed by atoms with van der Waals surface area (Å²) in [5, 5.41) is 0. The summed E-state index contributed by atoms with van der Waals surface area (Å²) >= 11 is 0. The molecule has 2 unspecified atom stereocenters. The summed E-state index contributed by atoms with van der Waals surface area (Å²) in [4.78, 5) is 2.80. The Labute approximate surface area is 145 Å². The zero-order valence-electron chi connectivity index (χ0n) is 15.9. The summed E-state index contributed by atoms with van der Waals surface area (Å²) in [7, 11) is 0. The van der Waals surface area contributed by atoms with E-state index >= 15 is 0 Å². The molecular weight excluding hydrogens is 282 g/mol. The van der Waals surface area contributed by atoms with Gasteiger partial charge in [0.05, 0.1) is 12.2 Å². The highest BCUT2D eigenvalue weighted by Crippen LogP contribution is 2.39. The van der Waals surface area contributed by atoms with Crippen LogP contribution in [0.3, 0.4) is 0 Å². The van der Waals surface area contributed by atoms with Crippen LogP contribution in [0.5, 0.6) is 0 Å². The third-order valence-electron chi connectivity index (χ3n) is 5.78. The predicted molar refractivity (Wildman–Crippen MR) is 100.0 cm³/mol. The van der Waals surface area contributed by atoms with Crippen LogP contribution >= 0.6 is 0 Å². The van der Waals surface area contributed by atoms with Gasteiger partial charge < -0.3 is 9.64 Å². The molecule has 0 aromatic heterocycles. The van der Waals surface area contributed by atoms with Crippen LogP contribution < -0.4 is 0 Å². The topological polar surface area (TPSA) is 15.8 Å². The molecular formula is C21H41NO. The van der Waals surface area contributed by atoms with E-state index in [0.29, 0.717) is 12.2 Å². The van der Waals surface area contributed by atoms with Crippen molar-refractivity contribution in [2.24, 2.45) is 5.92 Å². The highest BCUT2D eigenvalue weighted by Gasteiger charge is 2.43. The van der Waals surface area contributed by atoms with Crippen molar-refractivity contribution in [2.45, 2.75) is 110 Å². The Morgan fingerprint density at radius 1 is 0.739 bits per heavy atom. The molecule has 3 atom stereocenters. The Bertz CT molecular complexity index is 280. The van der Waals surface area contributed by atoms with E-state index < -0.39 is 0 Å². The van der Waals surface area contributed by atoms with Crippen LogP contribution in [0.15, 0.2) is 0 Å². The Morgan fingerprint density at radius 2 is 1.35 bits per heavy atom. The SMILES string of the molecule is CCCCCCCN(CCCCCCC)CC1CC[C@@H]2OC2C1. The first-order chi connectivity index (χ1) is 11.3. The van der Waals surface area contributed by atoms with Gasteiger partial charge in [-0.2, -0.15) is 0 Å². The molecule has 1 aliphatic carbocycles. The summed E-state index contributed by atoms with van der Waals surface area (Å²) in [5.74, 6) is 0.907. The van der Waals surface area contributed by atoms with Gasteiger partial charge in [0.2, 0.25) is 0 Å². The van der Waals surface area contributed by atoms with E-state index in [1.165, 1.54) is 103 Å². The summed E-state index contributed by atoms with van der Waals surface area (Å²) < 4.78 is 5.72. The minimum absolute atomic E-state index is 0.643. The minimum atomic E-state index is 0.643. The monoisotopic (exact) mass is 323 g/mol. The molecule has 1 saturated heterocycles. The highest BCUT2D eigenvalue weighted by atomic mass is 16.6. The molecule has 0 aromatic carbocycles. The Morgan fingerprint density at radius 3 is 1.91 bits per heavy atom. The van der Waals surface area contributed by atoms with Crippen LogP contribution in [-0.4, -0.2) is 36.7 Å². The normalized spacial score (nSPS) is 26.5. The molecule has 136 valence electrons.